The van der Waals surface area contributed by atoms with Gasteiger partial charge < -0.3 is 5.73 Å². The highest BCUT2D eigenvalue weighted by Crippen LogP contribution is 2.28. The lowest BCUT2D eigenvalue weighted by molar-refractivity contribution is 0.642. The van der Waals surface area contributed by atoms with Gasteiger partial charge in [-0.3, -0.25) is 5.41 Å². The molecule has 1 atom stereocenters. The number of amidine groups is 1. The number of nitrogens with two attached hydrogens (primary N) is 1. The van der Waals surface area contributed by atoms with E-state index in [2.05, 4.69) is 26.8 Å². The van der Waals surface area contributed by atoms with Crippen LogP contribution < -0.4 is 5.73 Å². The van der Waals surface area contributed by atoms with E-state index in [4.69, 9.17) is 11.1 Å². The van der Waals surface area contributed by atoms with Crippen molar-refractivity contribution in [2.45, 2.75) is 37.8 Å². The molecule has 0 aromatic heterocycles. The van der Waals surface area contributed by atoms with E-state index in [1.54, 1.807) is 0 Å². The summed E-state index contributed by atoms with van der Waals surface area (Å²) < 4.78 is 0. The number of nitrogen functional groups attached to an aromatic ring is 1. The van der Waals surface area contributed by atoms with Crippen LogP contribution in [0.25, 0.3) is 0 Å². The van der Waals surface area contributed by atoms with Gasteiger partial charge in [-0.2, -0.15) is 0 Å². The lowest BCUT2D eigenvalue weighted by atomic mass is 10.1. The van der Waals surface area contributed by atoms with E-state index in [0.29, 0.717) is 11.2 Å². The monoisotopic (exact) mass is 236 g/mol. The maximum absolute atomic E-state index is 7.43. The predicted octanol–water partition coefficient (Wildman–Crippen LogP) is 3.42. The molecule has 0 heterocycles. The number of nitrogens with one attached hydrogen (secondary N) is 1. The molecule has 0 fully saturated rings. The fourth-order valence-electron chi connectivity index (χ4n) is 1.36. The van der Waals surface area contributed by atoms with Crippen LogP contribution in [0.4, 0.5) is 0 Å². The van der Waals surface area contributed by atoms with Gasteiger partial charge in [0.05, 0.1) is 0 Å². The van der Waals surface area contributed by atoms with E-state index in [9.17, 15) is 0 Å². The molecule has 0 aliphatic carbocycles. The molecule has 0 radical (unpaired) electrons. The fraction of sp³-hybridized carbons (Fsp3) is 0.462. The standard InChI is InChI=1S/C13H20N2S/c1-8(2)10(4)16-11-5-6-12(13(14)15)9(3)7-11/h5-8,10H,1-4H3,(H3,14,15). The molecule has 0 amide bonds. The first-order valence-corrected chi connectivity index (χ1v) is 6.41. The van der Waals surface area contributed by atoms with E-state index >= 15 is 0 Å². The predicted molar refractivity (Wildman–Crippen MR) is 72.4 cm³/mol. The van der Waals surface area contributed by atoms with Crippen LogP contribution in [0.15, 0.2) is 23.1 Å². The zero-order chi connectivity index (χ0) is 12.3. The fourth-order valence-corrected chi connectivity index (χ4v) is 2.46. The Morgan fingerprint density at radius 1 is 1.31 bits per heavy atom. The van der Waals surface area contributed by atoms with Crippen molar-refractivity contribution in [1.82, 2.24) is 0 Å². The number of hydrogen-bond donors (Lipinski definition) is 2. The molecular weight excluding hydrogens is 216 g/mol. The summed E-state index contributed by atoms with van der Waals surface area (Å²) in [7, 11) is 0. The van der Waals surface area contributed by atoms with Gasteiger partial charge in [0.15, 0.2) is 0 Å². The van der Waals surface area contributed by atoms with Crippen LogP contribution in [-0.2, 0) is 0 Å². The van der Waals surface area contributed by atoms with Crippen molar-refractivity contribution in [3.05, 3.63) is 29.3 Å². The van der Waals surface area contributed by atoms with Crippen molar-refractivity contribution in [3.8, 4) is 0 Å². The molecule has 1 aromatic carbocycles. The van der Waals surface area contributed by atoms with Gasteiger partial charge in [0.1, 0.15) is 5.84 Å². The lowest BCUT2D eigenvalue weighted by Gasteiger charge is -2.15. The third-order valence-electron chi connectivity index (χ3n) is 2.75. The zero-order valence-corrected chi connectivity index (χ0v) is 11.2. The number of thioether (sulfide) groups is 1. The van der Waals surface area contributed by atoms with Crippen molar-refractivity contribution in [1.29, 1.82) is 5.41 Å². The Morgan fingerprint density at radius 2 is 1.94 bits per heavy atom. The molecule has 0 aliphatic heterocycles. The van der Waals surface area contributed by atoms with Crippen LogP contribution in [0.1, 0.15) is 31.9 Å². The van der Waals surface area contributed by atoms with Gasteiger partial charge in [-0.15, -0.1) is 11.8 Å². The average Bonchev–Trinajstić information content (AvgIpc) is 2.16. The van der Waals surface area contributed by atoms with E-state index < -0.39 is 0 Å². The Balaban J connectivity index is 2.85. The first-order valence-electron chi connectivity index (χ1n) is 5.53. The normalized spacial score (nSPS) is 12.8. The third-order valence-corrected chi connectivity index (χ3v) is 4.19. The van der Waals surface area contributed by atoms with Gasteiger partial charge in [0.2, 0.25) is 0 Å². The smallest absolute Gasteiger partial charge is 0.123 e. The molecule has 0 saturated heterocycles. The highest BCUT2D eigenvalue weighted by molar-refractivity contribution is 8.00. The Kier molecular flexibility index (Phi) is 4.42. The zero-order valence-electron chi connectivity index (χ0n) is 10.4. The average molecular weight is 236 g/mol. The minimum atomic E-state index is 0.144. The van der Waals surface area contributed by atoms with Crippen molar-refractivity contribution in [3.63, 3.8) is 0 Å². The summed E-state index contributed by atoms with van der Waals surface area (Å²) in [6, 6.07) is 6.10. The van der Waals surface area contributed by atoms with Crippen LogP contribution >= 0.6 is 11.8 Å². The Labute approximate surface area is 102 Å². The van der Waals surface area contributed by atoms with Crippen LogP contribution in [-0.4, -0.2) is 11.1 Å². The number of rotatable bonds is 4. The van der Waals surface area contributed by atoms with E-state index in [-0.39, 0.29) is 5.84 Å². The maximum atomic E-state index is 7.43. The Bertz CT molecular complexity index is 386. The minimum absolute atomic E-state index is 0.144. The highest BCUT2D eigenvalue weighted by Gasteiger charge is 2.10. The van der Waals surface area contributed by atoms with Gasteiger partial charge in [-0.25, -0.2) is 0 Å². The minimum Gasteiger partial charge on any atom is -0.384 e. The van der Waals surface area contributed by atoms with Gasteiger partial charge in [-0.05, 0) is 36.6 Å². The summed E-state index contributed by atoms with van der Waals surface area (Å²) in [6.07, 6.45) is 0. The van der Waals surface area contributed by atoms with Crippen LogP contribution in [0.2, 0.25) is 0 Å². The van der Waals surface area contributed by atoms with Crippen LogP contribution in [0.5, 0.6) is 0 Å². The summed E-state index contributed by atoms with van der Waals surface area (Å²) in [4.78, 5) is 1.25. The van der Waals surface area contributed by atoms with Crippen molar-refractivity contribution >= 4 is 17.6 Å². The second-order valence-electron chi connectivity index (χ2n) is 4.46. The molecule has 3 N–H and O–H groups in total. The largest absolute Gasteiger partial charge is 0.384 e. The molecule has 0 spiro atoms. The summed E-state index contributed by atoms with van der Waals surface area (Å²) in [5.41, 5.74) is 7.40. The molecule has 0 saturated carbocycles. The van der Waals surface area contributed by atoms with Crippen molar-refractivity contribution < 1.29 is 0 Å². The van der Waals surface area contributed by atoms with Gasteiger partial charge in [0.25, 0.3) is 0 Å². The lowest BCUT2D eigenvalue weighted by Crippen LogP contribution is -2.12. The van der Waals surface area contributed by atoms with E-state index in [1.807, 2.05) is 30.8 Å². The van der Waals surface area contributed by atoms with Crippen molar-refractivity contribution in [2.24, 2.45) is 11.7 Å². The summed E-state index contributed by atoms with van der Waals surface area (Å²) in [5, 5.41) is 8.03. The molecule has 3 heteroatoms. The Hall–Kier alpha value is -0.960. The molecule has 2 nitrogen and oxygen atoms in total. The summed E-state index contributed by atoms with van der Waals surface area (Å²) in [6.45, 7) is 8.70. The molecule has 0 aliphatic rings. The SMILES string of the molecule is Cc1cc(SC(C)C(C)C)ccc1C(=N)N. The Morgan fingerprint density at radius 3 is 2.38 bits per heavy atom. The maximum Gasteiger partial charge on any atom is 0.123 e. The van der Waals surface area contributed by atoms with Crippen LogP contribution in [0, 0.1) is 18.3 Å². The molecule has 1 unspecified atom stereocenters. The third kappa shape index (κ3) is 3.27. The second-order valence-corrected chi connectivity index (χ2v) is 5.91. The molecular formula is C13H20N2S. The van der Waals surface area contributed by atoms with Gasteiger partial charge >= 0.3 is 0 Å². The highest BCUT2D eigenvalue weighted by atomic mass is 32.2. The number of aryl methyl sites for hydroxylation is 1. The van der Waals surface area contributed by atoms with Gasteiger partial charge in [-0.1, -0.05) is 20.8 Å². The number of benzene rings is 1. The molecule has 88 valence electrons. The number of hydrogen-bond acceptors (Lipinski definition) is 2. The molecule has 0 bridgehead atoms. The molecule has 16 heavy (non-hydrogen) atoms. The van der Waals surface area contributed by atoms with E-state index in [0.717, 1.165) is 11.1 Å². The summed E-state index contributed by atoms with van der Waals surface area (Å²) in [5.74, 6) is 0.809. The van der Waals surface area contributed by atoms with E-state index in [1.165, 1.54) is 4.90 Å². The first-order chi connectivity index (χ1) is 7.41. The second kappa shape index (κ2) is 5.39. The first kappa shape index (κ1) is 13.1. The molecule has 1 aromatic rings. The molecule has 1 rings (SSSR count). The van der Waals surface area contributed by atoms with Gasteiger partial charge in [0, 0.05) is 15.7 Å². The quantitative estimate of drug-likeness (QED) is 0.478. The summed E-state index contributed by atoms with van der Waals surface area (Å²) >= 11 is 1.87. The van der Waals surface area contributed by atoms with Crippen LogP contribution in [0.3, 0.4) is 0 Å². The topological polar surface area (TPSA) is 49.9 Å². The van der Waals surface area contributed by atoms with Crippen molar-refractivity contribution in [2.75, 3.05) is 0 Å².